The Kier molecular flexibility index (Phi) is 4.59. The number of nitrogen functional groups attached to an aromatic ring is 1. The van der Waals surface area contributed by atoms with E-state index in [1.54, 1.807) is 11.3 Å². The topological polar surface area (TPSA) is 38.0 Å². The second-order valence-electron chi connectivity index (χ2n) is 3.86. The molecule has 0 aliphatic rings. The third-order valence-electron chi connectivity index (χ3n) is 2.52. The first-order valence-corrected chi connectivity index (χ1v) is 7.20. The predicted octanol–water partition coefficient (Wildman–Crippen LogP) is 3.43. The zero-order chi connectivity index (χ0) is 12.1. The van der Waals surface area contributed by atoms with Crippen molar-refractivity contribution in [2.45, 2.75) is 13.0 Å². The summed E-state index contributed by atoms with van der Waals surface area (Å²) in [6.45, 7) is 1.88. The highest BCUT2D eigenvalue weighted by Crippen LogP contribution is 2.22. The lowest BCUT2D eigenvalue weighted by Gasteiger charge is -2.05. The Morgan fingerprint density at radius 3 is 2.88 bits per heavy atom. The van der Waals surface area contributed by atoms with Gasteiger partial charge < -0.3 is 11.1 Å². The average Bonchev–Trinajstić information content (AvgIpc) is 2.71. The number of rotatable bonds is 5. The SMILES string of the molecule is Nc1cccc(CCNCc2sccc2Br)c1. The summed E-state index contributed by atoms with van der Waals surface area (Å²) < 4.78 is 1.19. The van der Waals surface area contributed by atoms with Crippen molar-refractivity contribution < 1.29 is 0 Å². The maximum absolute atomic E-state index is 5.73. The van der Waals surface area contributed by atoms with E-state index in [1.807, 2.05) is 18.2 Å². The van der Waals surface area contributed by atoms with E-state index in [-0.39, 0.29) is 0 Å². The molecule has 0 spiro atoms. The van der Waals surface area contributed by atoms with Crippen LogP contribution in [0.5, 0.6) is 0 Å². The smallest absolute Gasteiger partial charge is 0.0327 e. The Morgan fingerprint density at radius 1 is 1.29 bits per heavy atom. The molecule has 0 saturated carbocycles. The van der Waals surface area contributed by atoms with Crippen molar-refractivity contribution in [2.24, 2.45) is 0 Å². The summed E-state index contributed by atoms with van der Waals surface area (Å²) in [6.07, 6.45) is 1.01. The highest BCUT2D eigenvalue weighted by atomic mass is 79.9. The molecule has 0 aliphatic heterocycles. The van der Waals surface area contributed by atoms with Gasteiger partial charge in [0, 0.05) is 21.6 Å². The maximum atomic E-state index is 5.73. The number of benzene rings is 1. The van der Waals surface area contributed by atoms with Crippen LogP contribution in [0.1, 0.15) is 10.4 Å². The molecule has 1 aromatic carbocycles. The van der Waals surface area contributed by atoms with Crippen LogP contribution >= 0.6 is 27.3 Å². The van der Waals surface area contributed by atoms with E-state index in [0.717, 1.165) is 25.2 Å². The highest BCUT2D eigenvalue weighted by molar-refractivity contribution is 9.10. The number of anilines is 1. The second kappa shape index (κ2) is 6.19. The molecule has 0 bridgehead atoms. The number of halogens is 1. The van der Waals surface area contributed by atoms with Gasteiger partial charge in [0.25, 0.3) is 0 Å². The van der Waals surface area contributed by atoms with Crippen LogP contribution in [0, 0.1) is 0 Å². The van der Waals surface area contributed by atoms with Gasteiger partial charge in [-0.15, -0.1) is 11.3 Å². The first-order chi connectivity index (χ1) is 8.25. The quantitative estimate of drug-likeness (QED) is 0.656. The van der Waals surface area contributed by atoms with Crippen molar-refractivity contribution in [3.63, 3.8) is 0 Å². The number of hydrogen-bond acceptors (Lipinski definition) is 3. The Morgan fingerprint density at radius 2 is 2.18 bits per heavy atom. The summed E-state index contributed by atoms with van der Waals surface area (Å²) in [5.74, 6) is 0. The number of thiophene rings is 1. The molecular weight excluding hydrogens is 296 g/mol. The summed E-state index contributed by atoms with van der Waals surface area (Å²) in [4.78, 5) is 1.34. The first-order valence-electron chi connectivity index (χ1n) is 5.53. The van der Waals surface area contributed by atoms with Crippen LogP contribution in [-0.4, -0.2) is 6.54 Å². The molecule has 0 unspecified atom stereocenters. The van der Waals surface area contributed by atoms with Gasteiger partial charge in [-0.2, -0.15) is 0 Å². The van der Waals surface area contributed by atoms with Gasteiger partial charge in [0.2, 0.25) is 0 Å². The van der Waals surface area contributed by atoms with Gasteiger partial charge in [0.1, 0.15) is 0 Å². The van der Waals surface area contributed by atoms with Gasteiger partial charge in [0.05, 0.1) is 0 Å². The first kappa shape index (κ1) is 12.6. The fourth-order valence-electron chi connectivity index (χ4n) is 1.63. The fourth-order valence-corrected chi connectivity index (χ4v) is 3.10. The zero-order valence-electron chi connectivity index (χ0n) is 9.45. The lowest BCUT2D eigenvalue weighted by atomic mass is 10.1. The van der Waals surface area contributed by atoms with Crippen LogP contribution in [0.2, 0.25) is 0 Å². The molecule has 0 radical (unpaired) electrons. The molecule has 2 nitrogen and oxygen atoms in total. The van der Waals surface area contributed by atoms with E-state index >= 15 is 0 Å². The molecule has 0 saturated heterocycles. The predicted molar refractivity (Wildman–Crippen MR) is 78.3 cm³/mol. The largest absolute Gasteiger partial charge is 0.399 e. The Labute approximate surface area is 114 Å². The Bertz CT molecular complexity index is 482. The van der Waals surface area contributed by atoms with Crippen molar-refractivity contribution >= 4 is 33.0 Å². The minimum atomic E-state index is 0.837. The van der Waals surface area contributed by atoms with Crippen LogP contribution in [0.3, 0.4) is 0 Å². The molecule has 17 heavy (non-hydrogen) atoms. The van der Waals surface area contributed by atoms with Crippen molar-refractivity contribution in [3.05, 3.63) is 50.6 Å². The van der Waals surface area contributed by atoms with Crippen molar-refractivity contribution in [3.8, 4) is 0 Å². The normalized spacial score (nSPS) is 10.6. The molecule has 2 aromatic rings. The standard InChI is InChI=1S/C13H15BrN2S/c14-12-5-7-17-13(12)9-16-6-4-10-2-1-3-11(15)8-10/h1-3,5,7-8,16H,4,6,9,15H2. The average molecular weight is 311 g/mol. The minimum absolute atomic E-state index is 0.837. The Balaban J connectivity index is 1.75. The molecule has 1 aromatic heterocycles. The van der Waals surface area contributed by atoms with E-state index in [0.29, 0.717) is 0 Å². The van der Waals surface area contributed by atoms with Crippen molar-refractivity contribution in [1.29, 1.82) is 0 Å². The van der Waals surface area contributed by atoms with E-state index < -0.39 is 0 Å². The van der Waals surface area contributed by atoms with E-state index in [2.05, 4.69) is 38.8 Å². The molecule has 0 amide bonds. The summed E-state index contributed by atoms with van der Waals surface area (Å²) in [5, 5.41) is 5.53. The van der Waals surface area contributed by atoms with Crippen LogP contribution in [0.4, 0.5) is 5.69 Å². The monoisotopic (exact) mass is 310 g/mol. The molecule has 1 heterocycles. The number of nitrogens with one attached hydrogen (secondary N) is 1. The zero-order valence-corrected chi connectivity index (χ0v) is 11.9. The molecule has 2 rings (SSSR count). The third-order valence-corrected chi connectivity index (χ3v) is 4.44. The molecule has 0 aliphatic carbocycles. The summed E-state index contributed by atoms with van der Waals surface area (Å²) in [5.41, 5.74) is 7.85. The van der Waals surface area contributed by atoms with Gasteiger partial charge in [-0.3, -0.25) is 0 Å². The van der Waals surface area contributed by atoms with E-state index in [4.69, 9.17) is 5.73 Å². The van der Waals surface area contributed by atoms with Crippen LogP contribution in [0.25, 0.3) is 0 Å². The maximum Gasteiger partial charge on any atom is 0.0327 e. The van der Waals surface area contributed by atoms with Gasteiger partial charge in [-0.05, 0) is 58.0 Å². The molecular formula is C13H15BrN2S. The lowest BCUT2D eigenvalue weighted by Crippen LogP contribution is -2.16. The Hall–Kier alpha value is -0.840. The van der Waals surface area contributed by atoms with Gasteiger partial charge >= 0.3 is 0 Å². The van der Waals surface area contributed by atoms with Gasteiger partial charge in [-0.25, -0.2) is 0 Å². The summed E-state index contributed by atoms with van der Waals surface area (Å²) >= 11 is 5.30. The van der Waals surface area contributed by atoms with Crippen LogP contribution in [0.15, 0.2) is 40.2 Å². The number of hydrogen-bond donors (Lipinski definition) is 2. The second-order valence-corrected chi connectivity index (χ2v) is 5.72. The minimum Gasteiger partial charge on any atom is -0.399 e. The molecule has 0 fully saturated rings. The molecule has 4 heteroatoms. The van der Waals surface area contributed by atoms with Crippen molar-refractivity contribution in [1.82, 2.24) is 5.32 Å². The summed E-state index contributed by atoms with van der Waals surface area (Å²) in [7, 11) is 0. The van der Waals surface area contributed by atoms with Crippen LogP contribution in [-0.2, 0) is 13.0 Å². The van der Waals surface area contributed by atoms with E-state index in [9.17, 15) is 0 Å². The number of nitrogens with two attached hydrogens (primary N) is 1. The lowest BCUT2D eigenvalue weighted by molar-refractivity contribution is 0.692. The fraction of sp³-hybridized carbons (Fsp3) is 0.231. The van der Waals surface area contributed by atoms with Crippen LogP contribution < -0.4 is 11.1 Å². The molecule has 0 atom stereocenters. The van der Waals surface area contributed by atoms with E-state index in [1.165, 1.54) is 14.9 Å². The van der Waals surface area contributed by atoms with Gasteiger partial charge in [0.15, 0.2) is 0 Å². The summed E-state index contributed by atoms with van der Waals surface area (Å²) in [6, 6.07) is 10.1. The van der Waals surface area contributed by atoms with Crippen molar-refractivity contribution in [2.75, 3.05) is 12.3 Å². The third kappa shape index (κ3) is 3.84. The highest BCUT2D eigenvalue weighted by Gasteiger charge is 2.00. The molecule has 3 N–H and O–H groups in total. The van der Waals surface area contributed by atoms with Gasteiger partial charge in [-0.1, -0.05) is 12.1 Å². The molecule has 90 valence electrons.